The molecule has 0 aliphatic carbocycles. The molecule has 0 saturated heterocycles. The molecule has 6 nitrogen and oxygen atoms in total. The van der Waals surface area contributed by atoms with Gasteiger partial charge in [0.25, 0.3) is 0 Å². The quantitative estimate of drug-likeness (QED) is 0.776. The number of sulfonamides is 1. The highest BCUT2D eigenvalue weighted by molar-refractivity contribution is 7.89. The SMILES string of the molecule is CCN(CC)S(=O)(=O)c1ccc(CNC(=O)COC)cc1. The largest absolute Gasteiger partial charge is 0.375 e. The van der Waals surface area contributed by atoms with Crippen LogP contribution < -0.4 is 5.32 Å². The number of amides is 1. The standard InChI is InChI=1S/C14H22N2O4S/c1-4-16(5-2)21(18,19)13-8-6-12(7-9-13)10-15-14(17)11-20-3/h6-9H,4-5,10-11H2,1-3H3,(H,15,17). The molecule has 1 amide bonds. The Morgan fingerprint density at radius 2 is 1.76 bits per heavy atom. The van der Waals surface area contributed by atoms with E-state index in [1.807, 2.05) is 0 Å². The molecule has 1 aromatic rings. The molecule has 0 unspecified atom stereocenters. The van der Waals surface area contributed by atoms with E-state index in [0.29, 0.717) is 19.6 Å². The van der Waals surface area contributed by atoms with Gasteiger partial charge in [-0.05, 0) is 17.7 Å². The molecule has 0 bridgehead atoms. The first-order valence-corrected chi connectivity index (χ1v) is 8.24. The van der Waals surface area contributed by atoms with Gasteiger partial charge in [0.2, 0.25) is 15.9 Å². The maximum absolute atomic E-state index is 12.3. The van der Waals surface area contributed by atoms with E-state index in [9.17, 15) is 13.2 Å². The van der Waals surface area contributed by atoms with Crippen LogP contribution >= 0.6 is 0 Å². The van der Waals surface area contributed by atoms with Gasteiger partial charge in [0.05, 0.1) is 4.90 Å². The topological polar surface area (TPSA) is 75.7 Å². The van der Waals surface area contributed by atoms with E-state index in [1.165, 1.54) is 11.4 Å². The van der Waals surface area contributed by atoms with E-state index in [-0.39, 0.29) is 17.4 Å². The van der Waals surface area contributed by atoms with Crippen LogP contribution in [0, 0.1) is 0 Å². The minimum absolute atomic E-state index is 0.00836. The van der Waals surface area contributed by atoms with Crippen LogP contribution in [-0.2, 0) is 26.1 Å². The Morgan fingerprint density at radius 3 is 2.24 bits per heavy atom. The summed E-state index contributed by atoms with van der Waals surface area (Å²) < 4.78 is 30.7. The van der Waals surface area contributed by atoms with E-state index >= 15 is 0 Å². The van der Waals surface area contributed by atoms with Crippen LogP contribution in [0.4, 0.5) is 0 Å². The number of carbonyl (C=O) groups excluding carboxylic acids is 1. The van der Waals surface area contributed by atoms with Gasteiger partial charge < -0.3 is 10.1 Å². The van der Waals surface area contributed by atoms with E-state index in [1.54, 1.807) is 38.1 Å². The highest BCUT2D eigenvalue weighted by Crippen LogP contribution is 2.16. The first-order chi connectivity index (χ1) is 9.95. The highest BCUT2D eigenvalue weighted by Gasteiger charge is 2.21. The van der Waals surface area contributed by atoms with Crippen molar-refractivity contribution >= 4 is 15.9 Å². The van der Waals surface area contributed by atoms with Crippen LogP contribution in [0.15, 0.2) is 29.2 Å². The summed E-state index contributed by atoms with van der Waals surface area (Å²) in [4.78, 5) is 11.5. The fraction of sp³-hybridized carbons (Fsp3) is 0.500. The molecule has 0 heterocycles. The lowest BCUT2D eigenvalue weighted by molar-refractivity contribution is -0.124. The second-order valence-electron chi connectivity index (χ2n) is 4.44. The number of nitrogens with zero attached hydrogens (tertiary/aromatic N) is 1. The molecule has 0 spiro atoms. The van der Waals surface area contributed by atoms with Crippen molar-refractivity contribution in [3.05, 3.63) is 29.8 Å². The minimum atomic E-state index is -3.43. The number of benzene rings is 1. The van der Waals surface area contributed by atoms with Gasteiger partial charge in [0.1, 0.15) is 6.61 Å². The number of nitrogens with one attached hydrogen (secondary N) is 1. The lowest BCUT2D eigenvalue weighted by atomic mass is 10.2. The molecule has 0 fully saturated rings. The summed E-state index contributed by atoms with van der Waals surface area (Å²) in [6.45, 7) is 4.84. The predicted octanol–water partition coefficient (Wildman–Crippen LogP) is 0.980. The summed E-state index contributed by atoms with van der Waals surface area (Å²) in [5.41, 5.74) is 0.831. The van der Waals surface area contributed by atoms with Crippen LogP contribution in [-0.4, -0.2) is 45.4 Å². The molecule has 0 saturated carbocycles. The van der Waals surface area contributed by atoms with Crippen molar-refractivity contribution in [3.8, 4) is 0 Å². The van der Waals surface area contributed by atoms with E-state index in [0.717, 1.165) is 5.56 Å². The summed E-state index contributed by atoms with van der Waals surface area (Å²) in [6.07, 6.45) is 0. The molecule has 0 aromatic heterocycles. The van der Waals surface area contributed by atoms with E-state index in [2.05, 4.69) is 5.32 Å². The lowest BCUT2D eigenvalue weighted by Gasteiger charge is -2.18. The summed E-state index contributed by atoms with van der Waals surface area (Å²) in [5.74, 6) is -0.211. The van der Waals surface area contributed by atoms with Gasteiger partial charge in [-0.1, -0.05) is 26.0 Å². The van der Waals surface area contributed by atoms with Crippen molar-refractivity contribution in [3.63, 3.8) is 0 Å². The van der Waals surface area contributed by atoms with Gasteiger partial charge in [-0.2, -0.15) is 4.31 Å². The van der Waals surface area contributed by atoms with Crippen molar-refractivity contribution in [2.75, 3.05) is 26.8 Å². The number of hydrogen-bond acceptors (Lipinski definition) is 4. The van der Waals surface area contributed by atoms with Gasteiger partial charge in [-0.25, -0.2) is 8.42 Å². The maximum Gasteiger partial charge on any atom is 0.246 e. The number of ether oxygens (including phenoxy) is 1. The van der Waals surface area contributed by atoms with Gasteiger partial charge in [-0.3, -0.25) is 4.79 Å². The second-order valence-corrected chi connectivity index (χ2v) is 6.38. The molecule has 0 radical (unpaired) electrons. The van der Waals surface area contributed by atoms with Crippen molar-refractivity contribution in [2.24, 2.45) is 0 Å². The zero-order valence-electron chi connectivity index (χ0n) is 12.6. The van der Waals surface area contributed by atoms with Crippen molar-refractivity contribution in [1.29, 1.82) is 0 Å². The molecular weight excluding hydrogens is 292 g/mol. The molecule has 0 aliphatic heterocycles. The lowest BCUT2D eigenvalue weighted by Crippen LogP contribution is -2.30. The normalized spacial score (nSPS) is 11.6. The maximum atomic E-state index is 12.3. The average Bonchev–Trinajstić information content (AvgIpc) is 2.47. The summed E-state index contributed by atoms with van der Waals surface area (Å²) in [5, 5.41) is 2.68. The number of carbonyl (C=O) groups is 1. The molecule has 1 rings (SSSR count). The first-order valence-electron chi connectivity index (χ1n) is 6.80. The van der Waals surface area contributed by atoms with Crippen LogP contribution in [0.25, 0.3) is 0 Å². The Kier molecular flexibility index (Phi) is 6.80. The molecule has 1 N–H and O–H groups in total. The Balaban J connectivity index is 2.76. The van der Waals surface area contributed by atoms with E-state index < -0.39 is 10.0 Å². The van der Waals surface area contributed by atoms with E-state index in [4.69, 9.17) is 4.74 Å². The van der Waals surface area contributed by atoms with Gasteiger partial charge >= 0.3 is 0 Å². The van der Waals surface area contributed by atoms with Crippen molar-refractivity contribution in [1.82, 2.24) is 9.62 Å². The highest BCUT2D eigenvalue weighted by atomic mass is 32.2. The summed E-state index contributed by atoms with van der Waals surface area (Å²) in [6, 6.07) is 6.52. The molecule has 1 aromatic carbocycles. The van der Waals surface area contributed by atoms with Crippen LogP contribution in [0.5, 0.6) is 0 Å². The molecule has 21 heavy (non-hydrogen) atoms. The van der Waals surface area contributed by atoms with Crippen LogP contribution in [0.2, 0.25) is 0 Å². The monoisotopic (exact) mass is 314 g/mol. The number of hydrogen-bond donors (Lipinski definition) is 1. The minimum Gasteiger partial charge on any atom is -0.375 e. The fourth-order valence-corrected chi connectivity index (χ4v) is 3.33. The third-order valence-corrected chi connectivity index (χ3v) is 5.10. The molecular formula is C14H22N2O4S. The van der Waals surface area contributed by atoms with Crippen molar-refractivity contribution in [2.45, 2.75) is 25.3 Å². The molecule has 0 atom stereocenters. The summed E-state index contributed by atoms with van der Waals surface area (Å²) >= 11 is 0. The van der Waals surface area contributed by atoms with Gasteiger partial charge in [0.15, 0.2) is 0 Å². The predicted molar refractivity (Wildman–Crippen MR) is 80.3 cm³/mol. The average molecular weight is 314 g/mol. The van der Waals surface area contributed by atoms with Crippen molar-refractivity contribution < 1.29 is 17.9 Å². The van der Waals surface area contributed by atoms with Gasteiger partial charge in [-0.15, -0.1) is 0 Å². The zero-order valence-corrected chi connectivity index (χ0v) is 13.4. The van der Waals surface area contributed by atoms with Crippen LogP contribution in [0.3, 0.4) is 0 Å². The van der Waals surface area contributed by atoms with Crippen LogP contribution in [0.1, 0.15) is 19.4 Å². The smallest absolute Gasteiger partial charge is 0.246 e. The molecule has 118 valence electrons. The Bertz CT molecular complexity index is 551. The number of methoxy groups -OCH3 is 1. The Labute approximate surface area is 126 Å². The summed E-state index contributed by atoms with van der Waals surface area (Å²) in [7, 11) is -1.98. The molecule has 0 aliphatic rings. The third kappa shape index (κ3) is 4.80. The molecule has 7 heteroatoms. The zero-order chi connectivity index (χ0) is 15.9. The third-order valence-electron chi connectivity index (χ3n) is 3.03. The fourth-order valence-electron chi connectivity index (χ4n) is 1.87. The Hall–Kier alpha value is -1.44. The Morgan fingerprint density at radius 1 is 1.19 bits per heavy atom. The second kappa shape index (κ2) is 8.11. The number of rotatable bonds is 8. The van der Waals surface area contributed by atoms with Gasteiger partial charge in [0, 0.05) is 26.7 Å². The first kappa shape index (κ1) is 17.6.